The van der Waals surface area contributed by atoms with Crippen molar-refractivity contribution in [3.8, 4) is 0 Å². The first-order valence-electron chi connectivity index (χ1n) is 4.00. The van der Waals surface area contributed by atoms with Gasteiger partial charge in [-0.15, -0.1) is 0 Å². The molecule has 1 rings (SSSR count). The normalized spacial score (nSPS) is 10.5. The number of nitrogens with zero attached hydrogens (tertiary/aromatic N) is 1. The number of halogens is 3. The Labute approximate surface area is 90.0 Å². The van der Waals surface area contributed by atoms with E-state index in [-0.39, 0.29) is 21.8 Å². The maximum Gasteiger partial charge on any atom is 0.341 e. The number of hydrogen-bond acceptors (Lipinski definition) is 3. The summed E-state index contributed by atoms with van der Waals surface area (Å²) in [5, 5.41) is -0.135. The zero-order valence-electron chi connectivity index (χ0n) is 8.05. The second-order valence-electron chi connectivity index (χ2n) is 2.80. The van der Waals surface area contributed by atoms with E-state index in [4.69, 9.17) is 11.6 Å². The van der Waals surface area contributed by atoms with Crippen molar-refractivity contribution in [2.45, 2.75) is 13.3 Å². The number of alkyl halides is 2. The van der Waals surface area contributed by atoms with Crippen molar-refractivity contribution in [3.63, 3.8) is 0 Å². The van der Waals surface area contributed by atoms with E-state index in [2.05, 4.69) is 9.72 Å². The standard InChI is InChI=1S/C9H8ClF2NO2/c1-4-5(8(11)12)3-13-7(10)6(4)9(14)15-2/h3,8H,1-2H3. The van der Waals surface area contributed by atoms with Gasteiger partial charge in [-0.25, -0.2) is 18.6 Å². The van der Waals surface area contributed by atoms with Gasteiger partial charge in [0.25, 0.3) is 6.43 Å². The molecule has 0 aliphatic carbocycles. The van der Waals surface area contributed by atoms with E-state index in [9.17, 15) is 13.6 Å². The topological polar surface area (TPSA) is 39.2 Å². The number of rotatable bonds is 2. The summed E-state index contributed by atoms with van der Waals surface area (Å²) in [6.07, 6.45) is -1.74. The van der Waals surface area contributed by atoms with Crippen LogP contribution >= 0.6 is 11.6 Å². The van der Waals surface area contributed by atoms with Crippen LogP contribution in [0.2, 0.25) is 5.15 Å². The summed E-state index contributed by atoms with van der Waals surface area (Å²) >= 11 is 5.62. The van der Waals surface area contributed by atoms with Crippen LogP contribution in [-0.4, -0.2) is 18.1 Å². The summed E-state index contributed by atoms with van der Waals surface area (Å²) in [6.45, 7) is 1.38. The van der Waals surface area contributed by atoms with Crippen molar-refractivity contribution in [3.05, 3.63) is 28.0 Å². The van der Waals surface area contributed by atoms with Crippen molar-refractivity contribution >= 4 is 17.6 Å². The van der Waals surface area contributed by atoms with Crippen LogP contribution < -0.4 is 0 Å². The minimum atomic E-state index is -2.70. The summed E-state index contributed by atoms with van der Waals surface area (Å²) in [6, 6.07) is 0. The molecular weight excluding hydrogens is 228 g/mol. The van der Waals surface area contributed by atoms with Crippen molar-refractivity contribution in [2.75, 3.05) is 7.11 Å². The van der Waals surface area contributed by atoms with Gasteiger partial charge in [0.05, 0.1) is 7.11 Å². The molecule has 0 aromatic carbocycles. The Kier molecular flexibility index (Phi) is 3.57. The number of carbonyl (C=O) groups excluding carboxylic acids is 1. The van der Waals surface area contributed by atoms with Gasteiger partial charge in [-0.3, -0.25) is 0 Å². The predicted octanol–water partition coefficient (Wildman–Crippen LogP) is 2.77. The van der Waals surface area contributed by atoms with Gasteiger partial charge in [-0.1, -0.05) is 11.6 Å². The van der Waals surface area contributed by atoms with Gasteiger partial charge in [-0.2, -0.15) is 0 Å². The van der Waals surface area contributed by atoms with E-state index in [0.717, 1.165) is 13.3 Å². The number of methoxy groups -OCH3 is 1. The van der Waals surface area contributed by atoms with Crippen LogP contribution in [0.5, 0.6) is 0 Å². The van der Waals surface area contributed by atoms with Crippen LogP contribution in [0.1, 0.15) is 27.9 Å². The second-order valence-corrected chi connectivity index (χ2v) is 3.15. The molecule has 15 heavy (non-hydrogen) atoms. The fraction of sp³-hybridized carbons (Fsp3) is 0.333. The third-order valence-electron chi connectivity index (χ3n) is 1.96. The summed E-state index contributed by atoms with van der Waals surface area (Å²) < 4.78 is 29.4. The Bertz CT molecular complexity index is 396. The van der Waals surface area contributed by atoms with Gasteiger partial charge in [0.15, 0.2) is 0 Å². The number of aromatic nitrogens is 1. The molecule has 3 nitrogen and oxygen atoms in total. The molecule has 6 heteroatoms. The summed E-state index contributed by atoms with van der Waals surface area (Å²) in [7, 11) is 1.15. The first-order chi connectivity index (χ1) is 6.99. The zero-order valence-corrected chi connectivity index (χ0v) is 8.81. The highest BCUT2D eigenvalue weighted by molar-refractivity contribution is 6.32. The first-order valence-corrected chi connectivity index (χ1v) is 4.38. The van der Waals surface area contributed by atoms with E-state index in [1.54, 1.807) is 0 Å². The van der Waals surface area contributed by atoms with E-state index in [1.165, 1.54) is 6.92 Å². The number of pyridine rings is 1. The number of carbonyl (C=O) groups is 1. The Morgan fingerprint density at radius 3 is 2.67 bits per heavy atom. The van der Waals surface area contributed by atoms with Crippen LogP contribution in [0.15, 0.2) is 6.20 Å². The lowest BCUT2D eigenvalue weighted by molar-refractivity contribution is 0.0599. The lowest BCUT2D eigenvalue weighted by atomic mass is 10.1. The van der Waals surface area contributed by atoms with Crippen LogP contribution in [0, 0.1) is 6.92 Å². The highest BCUT2D eigenvalue weighted by Gasteiger charge is 2.21. The average molecular weight is 236 g/mol. The number of esters is 1. The minimum absolute atomic E-state index is 0.0943. The minimum Gasteiger partial charge on any atom is -0.465 e. The Morgan fingerprint density at radius 1 is 1.60 bits per heavy atom. The molecule has 82 valence electrons. The fourth-order valence-electron chi connectivity index (χ4n) is 1.15. The predicted molar refractivity (Wildman–Crippen MR) is 50.3 cm³/mol. The van der Waals surface area contributed by atoms with E-state index in [1.807, 2.05) is 0 Å². The summed E-state index contributed by atoms with van der Waals surface area (Å²) in [5.74, 6) is -0.771. The van der Waals surface area contributed by atoms with Crippen molar-refractivity contribution in [1.29, 1.82) is 0 Å². The van der Waals surface area contributed by atoms with E-state index >= 15 is 0 Å². The molecule has 0 bridgehead atoms. The van der Waals surface area contributed by atoms with Gasteiger partial charge in [0, 0.05) is 11.8 Å². The number of hydrogen-bond donors (Lipinski definition) is 0. The monoisotopic (exact) mass is 235 g/mol. The lowest BCUT2D eigenvalue weighted by Crippen LogP contribution is -2.08. The van der Waals surface area contributed by atoms with Gasteiger partial charge >= 0.3 is 5.97 Å². The molecule has 0 saturated heterocycles. The summed E-state index contributed by atoms with van der Waals surface area (Å²) in [5.41, 5.74) is -0.339. The van der Waals surface area contributed by atoms with E-state index in [0.29, 0.717) is 0 Å². The largest absolute Gasteiger partial charge is 0.465 e. The van der Waals surface area contributed by atoms with Crippen LogP contribution in [0.25, 0.3) is 0 Å². The van der Waals surface area contributed by atoms with Gasteiger partial charge in [0.1, 0.15) is 10.7 Å². The van der Waals surface area contributed by atoms with Crippen molar-refractivity contribution in [1.82, 2.24) is 4.98 Å². The molecule has 0 spiro atoms. The highest BCUT2D eigenvalue weighted by Crippen LogP contribution is 2.27. The smallest absolute Gasteiger partial charge is 0.341 e. The molecule has 0 aliphatic rings. The molecule has 0 radical (unpaired) electrons. The Balaban J connectivity index is 3.36. The first kappa shape index (κ1) is 11.8. The molecule has 0 saturated carbocycles. The zero-order chi connectivity index (χ0) is 11.6. The SMILES string of the molecule is COC(=O)c1c(Cl)ncc(C(F)F)c1C. The Morgan fingerprint density at radius 2 is 2.20 bits per heavy atom. The van der Waals surface area contributed by atoms with Gasteiger partial charge in [0.2, 0.25) is 0 Å². The van der Waals surface area contributed by atoms with Gasteiger partial charge in [-0.05, 0) is 12.5 Å². The van der Waals surface area contributed by atoms with Crippen LogP contribution in [0.3, 0.4) is 0 Å². The van der Waals surface area contributed by atoms with Gasteiger partial charge < -0.3 is 4.74 Å². The third-order valence-corrected chi connectivity index (χ3v) is 2.24. The maximum atomic E-state index is 12.5. The molecular formula is C9H8ClF2NO2. The molecule has 1 heterocycles. The second kappa shape index (κ2) is 4.53. The molecule has 1 aromatic heterocycles. The lowest BCUT2D eigenvalue weighted by Gasteiger charge is -2.09. The Hall–Kier alpha value is -1.23. The highest BCUT2D eigenvalue weighted by atomic mass is 35.5. The van der Waals surface area contributed by atoms with Crippen LogP contribution in [0.4, 0.5) is 8.78 Å². The van der Waals surface area contributed by atoms with Crippen LogP contribution in [-0.2, 0) is 4.74 Å². The molecule has 1 aromatic rings. The third kappa shape index (κ3) is 2.23. The summed E-state index contributed by atoms with van der Waals surface area (Å²) in [4.78, 5) is 14.8. The number of ether oxygens (including phenoxy) is 1. The molecule has 0 unspecified atom stereocenters. The maximum absolute atomic E-state index is 12.5. The van der Waals surface area contributed by atoms with E-state index < -0.39 is 12.4 Å². The van der Waals surface area contributed by atoms with Crippen molar-refractivity contribution in [2.24, 2.45) is 0 Å². The van der Waals surface area contributed by atoms with Crippen molar-refractivity contribution < 1.29 is 18.3 Å². The average Bonchev–Trinajstić information content (AvgIpc) is 2.16. The molecule has 0 fully saturated rings. The molecule has 0 aliphatic heterocycles. The quantitative estimate of drug-likeness (QED) is 0.585. The fourth-order valence-corrected chi connectivity index (χ4v) is 1.41. The molecule has 0 amide bonds. The molecule has 0 atom stereocenters. The molecule has 0 N–H and O–H groups in total.